The molecule has 1 aromatic carbocycles. The molecule has 4 heteroatoms. The Balaban J connectivity index is 2.66. The molecule has 1 rings (SSSR count). The van der Waals surface area contributed by atoms with E-state index in [1.54, 1.807) is 12.1 Å². The summed E-state index contributed by atoms with van der Waals surface area (Å²) in [7, 11) is 0. The zero-order valence-electron chi connectivity index (χ0n) is 11.1. The molecule has 4 nitrogen and oxygen atoms in total. The number of phenols is 1. The Hall–Kier alpha value is -1.55. The minimum Gasteiger partial charge on any atom is -0.508 e. The third kappa shape index (κ3) is 4.37. The number of hydrogen-bond acceptors (Lipinski definition) is 3. The fourth-order valence-electron chi connectivity index (χ4n) is 1.54. The zero-order valence-corrected chi connectivity index (χ0v) is 11.1. The normalized spacial score (nSPS) is 12.4. The number of rotatable bonds is 6. The van der Waals surface area contributed by atoms with Crippen LogP contribution >= 0.6 is 0 Å². The lowest BCUT2D eigenvalue weighted by molar-refractivity contribution is 0.0806. The Morgan fingerprint density at radius 1 is 1.44 bits per heavy atom. The van der Waals surface area contributed by atoms with Crippen LogP contribution in [-0.4, -0.2) is 30.3 Å². The molecule has 0 heterocycles. The van der Waals surface area contributed by atoms with Gasteiger partial charge in [-0.25, -0.2) is 0 Å². The summed E-state index contributed by atoms with van der Waals surface area (Å²) in [6, 6.07) is 6.29. The molecule has 1 unspecified atom stereocenters. The van der Waals surface area contributed by atoms with Crippen LogP contribution in [0.2, 0.25) is 0 Å². The van der Waals surface area contributed by atoms with Gasteiger partial charge in [0, 0.05) is 12.2 Å². The average Bonchev–Trinajstić information content (AvgIpc) is 2.33. The van der Waals surface area contributed by atoms with Crippen molar-refractivity contribution in [2.45, 2.75) is 26.8 Å². The number of phenolic OH excluding ortho intramolecular Hbond substituents is 1. The minimum atomic E-state index is -0.190. The number of hydrogen-bond donors (Lipinski definition) is 2. The number of aromatic hydroxyl groups is 1. The first kappa shape index (κ1) is 14.5. The lowest BCUT2D eigenvalue weighted by atomic mass is 10.0. The van der Waals surface area contributed by atoms with Crippen molar-refractivity contribution in [3.63, 3.8) is 0 Å². The van der Waals surface area contributed by atoms with Crippen molar-refractivity contribution in [1.29, 1.82) is 0 Å². The summed E-state index contributed by atoms with van der Waals surface area (Å²) in [5.74, 6) is 0.190. The van der Waals surface area contributed by atoms with E-state index < -0.39 is 0 Å². The fraction of sp³-hybridized carbons (Fsp3) is 0.500. The second kappa shape index (κ2) is 7.01. The number of amides is 1. The Bertz CT molecular complexity index is 390. The van der Waals surface area contributed by atoms with E-state index in [1.807, 2.05) is 20.8 Å². The highest BCUT2D eigenvalue weighted by Gasteiger charge is 2.17. The molecule has 0 aromatic heterocycles. The third-order valence-electron chi connectivity index (χ3n) is 2.73. The number of carbonyl (C=O) groups excluding carboxylic acids is 1. The van der Waals surface area contributed by atoms with Gasteiger partial charge >= 0.3 is 0 Å². The molecule has 0 saturated carbocycles. The zero-order chi connectivity index (χ0) is 13.5. The Morgan fingerprint density at radius 2 is 2.17 bits per heavy atom. The van der Waals surface area contributed by atoms with E-state index in [1.165, 1.54) is 12.1 Å². The SMILES string of the molecule is CCOCC(NC(=O)c1cccc(O)c1)C(C)C. The van der Waals surface area contributed by atoms with Gasteiger partial charge in [-0.15, -0.1) is 0 Å². The van der Waals surface area contributed by atoms with Crippen LogP contribution in [-0.2, 0) is 4.74 Å². The van der Waals surface area contributed by atoms with Gasteiger partial charge in [-0.2, -0.15) is 0 Å². The molecule has 0 aliphatic heterocycles. The summed E-state index contributed by atoms with van der Waals surface area (Å²) < 4.78 is 5.35. The summed E-state index contributed by atoms with van der Waals surface area (Å²) in [5.41, 5.74) is 0.456. The predicted octanol–water partition coefficient (Wildman–Crippen LogP) is 2.18. The van der Waals surface area contributed by atoms with Gasteiger partial charge in [0.15, 0.2) is 0 Å². The molecule has 1 atom stereocenters. The summed E-state index contributed by atoms with van der Waals surface area (Å²) in [6.07, 6.45) is 0. The van der Waals surface area contributed by atoms with E-state index >= 15 is 0 Å². The first-order valence-electron chi connectivity index (χ1n) is 6.22. The highest BCUT2D eigenvalue weighted by molar-refractivity contribution is 5.94. The second-order valence-electron chi connectivity index (χ2n) is 4.53. The Morgan fingerprint density at radius 3 is 2.72 bits per heavy atom. The summed E-state index contributed by atoms with van der Waals surface area (Å²) >= 11 is 0. The maximum Gasteiger partial charge on any atom is 0.251 e. The molecule has 0 spiro atoms. The standard InChI is InChI=1S/C14H21NO3/c1-4-18-9-13(10(2)3)15-14(17)11-6-5-7-12(16)8-11/h5-8,10,13,16H,4,9H2,1-3H3,(H,15,17). The van der Waals surface area contributed by atoms with E-state index in [0.29, 0.717) is 18.8 Å². The lowest BCUT2D eigenvalue weighted by Crippen LogP contribution is -2.41. The second-order valence-corrected chi connectivity index (χ2v) is 4.53. The smallest absolute Gasteiger partial charge is 0.251 e. The fourth-order valence-corrected chi connectivity index (χ4v) is 1.54. The average molecular weight is 251 g/mol. The molecule has 2 N–H and O–H groups in total. The summed E-state index contributed by atoms with van der Waals surface area (Å²) in [5, 5.41) is 12.3. The largest absolute Gasteiger partial charge is 0.508 e. The molecule has 0 aliphatic carbocycles. The van der Waals surface area contributed by atoms with Crippen LogP contribution < -0.4 is 5.32 Å². The molecule has 0 bridgehead atoms. The Kier molecular flexibility index (Phi) is 5.65. The predicted molar refractivity (Wildman–Crippen MR) is 70.7 cm³/mol. The first-order valence-corrected chi connectivity index (χ1v) is 6.22. The number of ether oxygens (including phenoxy) is 1. The van der Waals surface area contributed by atoms with Crippen LogP contribution in [0.15, 0.2) is 24.3 Å². The van der Waals surface area contributed by atoms with Gasteiger partial charge in [0.2, 0.25) is 0 Å². The monoisotopic (exact) mass is 251 g/mol. The van der Waals surface area contributed by atoms with Gasteiger partial charge in [-0.05, 0) is 31.0 Å². The van der Waals surface area contributed by atoms with Crippen LogP contribution in [0.25, 0.3) is 0 Å². The van der Waals surface area contributed by atoms with Gasteiger partial charge in [0.25, 0.3) is 5.91 Å². The molecule has 18 heavy (non-hydrogen) atoms. The van der Waals surface area contributed by atoms with Crippen LogP contribution in [0.4, 0.5) is 0 Å². The van der Waals surface area contributed by atoms with Crippen LogP contribution in [0.5, 0.6) is 5.75 Å². The van der Waals surface area contributed by atoms with Gasteiger partial charge in [-0.1, -0.05) is 19.9 Å². The summed E-state index contributed by atoms with van der Waals surface area (Å²) in [4.78, 5) is 12.0. The molecule has 0 aliphatic rings. The van der Waals surface area contributed by atoms with Gasteiger partial charge in [0.1, 0.15) is 5.75 Å². The van der Waals surface area contributed by atoms with Crippen LogP contribution in [0.1, 0.15) is 31.1 Å². The summed E-state index contributed by atoms with van der Waals surface area (Å²) in [6.45, 7) is 7.12. The Labute approximate surface area is 108 Å². The van der Waals surface area contributed by atoms with Crippen molar-refractivity contribution in [3.05, 3.63) is 29.8 Å². The van der Waals surface area contributed by atoms with Crippen LogP contribution in [0.3, 0.4) is 0 Å². The van der Waals surface area contributed by atoms with Crippen molar-refractivity contribution in [2.75, 3.05) is 13.2 Å². The van der Waals surface area contributed by atoms with Gasteiger partial charge in [-0.3, -0.25) is 4.79 Å². The molecular formula is C14H21NO3. The minimum absolute atomic E-state index is 0.0280. The van der Waals surface area contributed by atoms with Crippen molar-refractivity contribution in [3.8, 4) is 5.75 Å². The topological polar surface area (TPSA) is 58.6 Å². The van der Waals surface area contributed by atoms with Crippen LogP contribution in [0, 0.1) is 5.92 Å². The van der Waals surface area contributed by atoms with E-state index in [9.17, 15) is 9.90 Å². The van der Waals surface area contributed by atoms with E-state index in [-0.39, 0.29) is 23.6 Å². The third-order valence-corrected chi connectivity index (χ3v) is 2.73. The van der Waals surface area contributed by atoms with Gasteiger partial charge in [0.05, 0.1) is 12.6 Å². The van der Waals surface area contributed by atoms with Crippen molar-refractivity contribution in [2.24, 2.45) is 5.92 Å². The van der Waals surface area contributed by atoms with Crippen molar-refractivity contribution < 1.29 is 14.6 Å². The van der Waals surface area contributed by atoms with E-state index in [4.69, 9.17) is 4.74 Å². The van der Waals surface area contributed by atoms with E-state index in [2.05, 4.69) is 5.32 Å². The maximum atomic E-state index is 12.0. The molecular weight excluding hydrogens is 230 g/mol. The number of benzene rings is 1. The van der Waals surface area contributed by atoms with Crippen molar-refractivity contribution in [1.82, 2.24) is 5.32 Å². The first-order chi connectivity index (χ1) is 8.54. The molecule has 1 aromatic rings. The maximum absolute atomic E-state index is 12.0. The lowest BCUT2D eigenvalue weighted by Gasteiger charge is -2.22. The highest BCUT2D eigenvalue weighted by Crippen LogP contribution is 2.11. The quantitative estimate of drug-likeness (QED) is 0.814. The van der Waals surface area contributed by atoms with Gasteiger partial charge < -0.3 is 15.2 Å². The molecule has 0 saturated heterocycles. The molecule has 1 amide bonds. The number of nitrogens with one attached hydrogen (secondary N) is 1. The number of carbonyl (C=O) groups is 1. The van der Waals surface area contributed by atoms with Crippen molar-refractivity contribution >= 4 is 5.91 Å². The molecule has 0 radical (unpaired) electrons. The highest BCUT2D eigenvalue weighted by atomic mass is 16.5. The van der Waals surface area contributed by atoms with E-state index in [0.717, 1.165) is 0 Å². The molecule has 100 valence electrons. The molecule has 0 fully saturated rings.